The number of nitrogens with zero attached hydrogens (tertiary/aromatic N) is 4. The lowest BCUT2D eigenvalue weighted by Gasteiger charge is -2.10. The van der Waals surface area contributed by atoms with Crippen molar-refractivity contribution in [3.63, 3.8) is 0 Å². The van der Waals surface area contributed by atoms with Gasteiger partial charge in [-0.25, -0.2) is 4.98 Å². The maximum absolute atomic E-state index is 12.3. The molecule has 138 valence electrons. The Morgan fingerprint density at radius 2 is 2.19 bits per heavy atom. The van der Waals surface area contributed by atoms with E-state index in [9.17, 15) is 4.79 Å². The van der Waals surface area contributed by atoms with E-state index in [2.05, 4.69) is 20.4 Å². The highest BCUT2D eigenvalue weighted by Crippen LogP contribution is 2.20. The van der Waals surface area contributed by atoms with E-state index in [0.717, 1.165) is 21.8 Å². The first-order valence-electron chi connectivity index (χ1n) is 8.70. The maximum Gasteiger partial charge on any atom is 0.227 e. The molecule has 1 unspecified atom stereocenters. The van der Waals surface area contributed by atoms with Crippen LogP contribution in [0.1, 0.15) is 36.5 Å². The molecule has 1 N–H and O–H groups in total. The van der Waals surface area contributed by atoms with Crippen LogP contribution in [0, 0.1) is 6.92 Å². The molecule has 0 saturated carbocycles. The first kappa shape index (κ1) is 17.4. The molecule has 0 aliphatic carbocycles. The van der Waals surface area contributed by atoms with Gasteiger partial charge in [0.25, 0.3) is 0 Å². The van der Waals surface area contributed by atoms with Crippen LogP contribution in [0.4, 0.5) is 0 Å². The third-order valence-corrected chi connectivity index (χ3v) is 5.12. The Labute approximate surface area is 160 Å². The van der Waals surface area contributed by atoms with E-state index in [0.29, 0.717) is 18.1 Å². The molecule has 0 bridgehead atoms. The molecule has 3 aromatic heterocycles. The largest absolute Gasteiger partial charge is 0.348 e. The summed E-state index contributed by atoms with van der Waals surface area (Å²) in [5.74, 6) is 0.933. The smallest absolute Gasteiger partial charge is 0.227 e. The number of fused-ring (bicyclic) bond motifs is 1. The Hall–Kier alpha value is -3.00. The molecule has 7 nitrogen and oxygen atoms in total. The summed E-state index contributed by atoms with van der Waals surface area (Å²) >= 11 is 1.56. The Kier molecular flexibility index (Phi) is 4.72. The lowest BCUT2D eigenvalue weighted by atomic mass is 10.1. The van der Waals surface area contributed by atoms with Gasteiger partial charge in [0.2, 0.25) is 17.6 Å². The number of amides is 1. The molecule has 0 saturated heterocycles. The number of rotatable bonds is 6. The van der Waals surface area contributed by atoms with Gasteiger partial charge in [0.15, 0.2) is 4.96 Å². The second kappa shape index (κ2) is 7.32. The number of imidazole rings is 1. The van der Waals surface area contributed by atoms with Crippen molar-refractivity contribution in [2.24, 2.45) is 0 Å². The van der Waals surface area contributed by atoms with E-state index >= 15 is 0 Å². The summed E-state index contributed by atoms with van der Waals surface area (Å²) in [5.41, 5.74) is 2.86. The fourth-order valence-corrected chi connectivity index (χ4v) is 3.56. The Balaban J connectivity index is 1.34. The van der Waals surface area contributed by atoms with Crippen LogP contribution in [-0.4, -0.2) is 25.4 Å². The molecule has 0 aliphatic heterocycles. The van der Waals surface area contributed by atoms with Crippen molar-refractivity contribution in [1.29, 1.82) is 0 Å². The molecular weight excluding hydrogens is 362 g/mol. The van der Waals surface area contributed by atoms with Gasteiger partial charge in [0, 0.05) is 36.2 Å². The van der Waals surface area contributed by atoms with Gasteiger partial charge in [0.05, 0.1) is 11.7 Å². The standard InChI is InChI=1S/C19H19N5O2S/c1-12-5-3-4-6-14(12)18-22-17(26-23-18)8-7-16(25)20-13(2)15-11-24-9-10-27-19(24)21-15/h3-6,9-11,13H,7-8H2,1-2H3,(H,20,25). The third-order valence-electron chi connectivity index (χ3n) is 4.35. The summed E-state index contributed by atoms with van der Waals surface area (Å²) in [6.45, 7) is 3.92. The van der Waals surface area contributed by atoms with Crippen LogP contribution in [0.25, 0.3) is 16.3 Å². The first-order valence-corrected chi connectivity index (χ1v) is 9.58. The van der Waals surface area contributed by atoms with Gasteiger partial charge in [-0.15, -0.1) is 11.3 Å². The van der Waals surface area contributed by atoms with E-state index < -0.39 is 0 Å². The lowest BCUT2D eigenvalue weighted by Crippen LogP contribution is -2.27. The van der Waals surface area contributed by atoms with Gasteiger partial charge in [-0.2, -0.15) is 4.98 Å². The van der Waals surface area contributed by atoms with Crippen molar-refractivity contribution in [3.05, 3.63) is 59.2 Å². The first-order chi connectivity index (χ1) is 13.1. The van der Waals surface area contributed by atoms with E-state index in [1.165, 1.54) is 0 Å². The maximum atomic E-state index is 12.3. The van der Waals surface area contributed by atoms with Gasteiger partial charge in [-0.05, 0) is 19.4 Å². The molecule has 4 rings (SSSR count). The minimum absolute atomic E-state index is 0.0745. The molecule has 4 aromatic rings. The van der Waals surface area contributed by atoms with Crippen LogP contribution < -0.4 is 5.32 Å². The predicted molar refractivity (Wildman–Crippen MR) is 102 cm³/mol. The monoisotopic (exact) mass is 381 g/mol. The van der Waals surface area contributed by atoms with Crippen molar-refractivity contribution in [1.82, 2.24) is 24.8 Å². The Bertz CT molecular complexity index is 1050. The summed E-state index contributed by atoms with van der Waals surface area (Å²) < 4.78 is 7.24. The van der Waals surface area contributed by atoms with Crippen molar-refractivity contribution in [2.75, 3.05) is 0 Å². The summed E-state index contributed by atoms with van der Waals surface area (Å²) in [7, 11) is 0. The minimum Gasteiger partial charge on any atom is -0.348 e. The third kappa shape index (κ3) is 3.75. The average Bonchev–Trinajstić information content (AvgIpc) is 3.36. The number of hydrogen-bond acceptors (Lipinski definition) is 6. The summed E-state index contributed by atoms with van der Waals surface area (Å²) in [6.07, 6.45) is 4.56. The normalized spacial score (nSPS) is 12.4. The van der Waals surface area contributed by atoms with E-state index in [-0.39, 0.29) is 18.4 Å². The van der Waals surface area contributed by atoms with E-state index in [1.54, 1.807) is 11.3 Å². The predicted octanol–water partition coefficient (Wildman–Crippen LogP) is 3.56. The SMILES string of the molecule is Cc1ccccc1-c1noc(CCC(=O)NC(C)c2cn3ccsc3n2)n1. The summed E-state index contributed by atoms with van der Waals surface area (Å²) in [4.78, 5) is 22.1. The number of benzene rings is 1. The quantitative estimate of drug-likeness (QED) is 0.552. The van der Waals surface area contributed by atoms with Crippen molar-refractivity contribution < 1.29 is 9.32 Å². The number of carbonyl (C=O) groups excluding carboxylic acids is 1. The molecule has 27 heavy (non-hydrogen) atoms. The molecule has 0 fully saturated rings. The van der Waals surface area contributed by atoms with Gasteiger partial charge in [-0.3, -0.25) is 9.20 Å². The average molecular weight is 381 g/mol. The zero-order chi connectivity index (χ0) is 18.8. The van der Waals surface area contributed by atoms with E-state index in [1.807, 2.05) is 60.3 Å². The summed E-state index contributed by atoms with van der Waals surface area (Å²) in [6, 6.07) is 7.70. The van der Waals surface area contributed by atoms with Crippen LogP contribution in [0.15, 0.2) is 46.6 Å². The van der Waals surface area contributed by atoms with Gasteiger partial charge in [-0.1, -0.05) is 29.4 Å². The highest BCUT2D eigenvalue weighted by molar-refractivity contribution is 7.15. The minimum atomic E-state index is -0.158. The molecule has 1 amide bonds. The van der Waals surface area contributed by atoms with Gasteiger partial charge in [0.1, 0.15) is 0 Å². The molecule has 0 spiro atoms. The van der Waals surface area contributed by atoms with Crippen molar-refractivity contribution in [2.45, 2.75) is 32.7 Å². The molecule has 0 aliphatic rings. The van der Waals surface area contributed by atoms with Crippen LogP contribution in [0.5, 0.6) is 0 Å². The van der Waals surface area contributed by atoms with Crippen LogP contribution in [0.2, 0.25) is 0 Å². The number of thiazole rings is 1. The molecule has 1 atom stereocenters. The Morgan fingerprint density at radius 3 is 3.00 bits per heavy atom. The zero-order valence-electron chi connectivity index (χ0n) is 15.0. The van der Waals surface area contributed by atoms with Gasteiger partial charge >= 0.3 is 0 Å². The van der Waals surface area contributed by atoms with Crippen LogP contribution >= 0.6 is 11.3 Å². The number of carbonyl (C=O) groups is 1. The fraction of sp³-hybridized carbons (Fsp3) is 0.263. The second-order valence-corrected chi connectivity index (χ2v) is 7.25. The van der Waals surface area contributed by atoms with E-state index in [4.69, 9.17) is 4.52 Å². The second-order valence-electron chi connectivity index (χ2n) is 6.37. The van der Waals surface area contributed by atoms with Gasteiger partial charge < -0.3 is 9.84 Å². The molecule has 0 radical (unpaired) electrons. The van der Waals surface area contributed by atoms with Crippen molar-refractivity contribution >= 4 is 22.2 Å². The topological polar surface area (TPSA) is 85.3 Å². The Morgan fingerprint density at radius 1 is 1.33 bits per heavy atom. The molecular formula is C19H19N5O2S. The number of hydrogen-bond donors (Lipinski definition) is 1. The highest BCUT2D eigenvalue weighted by atomic mass is 32.1. The zero-order valence-corrected chi connectivity index (χ0v) is 15.9. The fourth-order valence-electron chi connectivity index (χ4n) is 2.85. The molecule has 3 heterocycles. The van der Waals surface area contributed by atoms with Crippen LogP contribution in [-0.2, 0) is 11.2 Å². The summed E-state index contributed by atoms with van der Waals surface area (Å²) in [5, 5.41) is 8.96. The number of aryl methyl sites for hydroxylation is 2. The van der Waals surface area contributed by atoms with Crippen LogP contribution in [0.3, 0.4) is 0 Å². The number of nitrogens with one attached hydrogen (secondary N) is 1. The number of aromatic nitrogens is 4. The van der Waals surface area contributed by atoms with Crippen molar-refractivity contribution in [3.8, 4) is 11.4 Å². The molecule has 8 heteroatoms. The molecule has 1 aromatic carbocycles. The highest BCUT2D eigenvalue weighted by Gasteiger charge is 2.15. The lowest BCUT2D eigenvalue weighted by molar-refractivity contribution is -0.121.